The Balaban J connectivity index is 2.15. The maximum atomic E-state index is 11.3. The van der Waals surface area contributed by atoms with Gasteiger partial charge in [0.05, 0.1) is 18.7 Å². The molecular weight excluding hydrogens is 254 g/mol. The van der Waals surface area contributed by atoms with Gasteiger partial charge in [-0.1, -0.05) is 41.6 Å². The Kier molecular flexibility index (Phi) is 4.71. The number of esters is 1. The van der Waals surface area contributed by atoms with Gasteiger partial charge in [-0.05, 0) is 29.3 Å². The topological polar surface area (TPSA) is 58.9 Å². The zero-order valence-electron chi connectivity index (χ0n) is 11.4. The molecule has 0 fully saturated rings. The molecule has 0 aliphatic rings. The Morgan fingerprint density at radius 1 is 1.15 bits per heavy atom. The lowest BCUT2D eigenvalue weighted by atomic mass is 10.0. The maximum absolute atomic E-state index is 11.3. The van der Waals surface area contributed by atoms with Crippen molar-refractivity contribution in [2.75, 3.05) is 6.61 Å². The van der Waals surface area contributed by atoms with Crippen LogP contribution in [0.1, 0.15) is 25.3 Å². The van der Waals surface area contributed by atoms with E-state index in [-0.39, 0.29) is 12.4 Å². The predicted octanol–water partition coefficient (Wildman–Crippen LogP) is 3.36. The molecule has 0 bridgehead atoms. The molecule has 4 heteroatoms. The lowest BCUT2D eigenvalue weighted by Crippen LogP contribution is -2.08. The van der Waals surface area contributed by atoms with E-state index in [1.165, 1.54) is 0 Å². The second-order valence-electron chi connectivity index (χ2n) is 4.41. The molecule has 2 aromatic carbocycles. The van der Waals surface area contributed by atoms with Gasteiger partial charge in [0.15, 0.2) is 0 Å². The molecule has 0 saturated carbocycles. The highest BCUT2D eigenvalue weighted by Crippen LogP contribution is 2.17. The van der Waals surface area contributed by atoms with Crippen LogP contribution in [0.5, 0.6) is 0 Å². The third-order valence-electron chi connectivity index (χ3n) is 3.07. The first kappa shape index (κ1) is 14.1. The lowest BCUT2D eigenvalue weighted by Gasteiger charge is -2.06. The molecule has 2 rings (SSSR count). The van der Waals surface area contributed by atoms with Crippen molar-refractivity contribution in [1.82, 2.24) is 0 Å². The highest BCUT2D eigenvalue weighted by Gasteiger charge is 2.09. The molecule has 0 aliphatic heterocycles. The number of carbonyl (C=O) groups is 1. The summed E-state index contributed by atoms with van der Waals surface area (Å²) >= 11 is 0. The summed E-state index contributed by atoms with van der Waals surface area (Å²) in [6, 6.07) is 13.8. The van der Waals surface area contributed by atoms with Gasteiger partial charge in [-0.2, -0.15) is 0 Å². The van der Waals surface area contributed by atoms with Crippen LogP contribution < -0.4 is 0 Å². The van der Waals surface area contributed by atoms with Gasteiger partial charge < -0.3 is 9.94 Å². The van der Waals surface area contributed by atoms with Crippen LogP contribution >= 0.6 is 0 Å². The summed E-state index contributed by atoms with van der Waals surface area (Å²) < 4.78 is 4.87. The minimum atomic E-state index is -0.283. The van der Waals surface area contributed by atoms with Gasteiger partial charge >= 0.3 is 5.97 Å². The average molecular weight is 271 g/mol. The summed E-state index contributed by atoms with van der Waals surface area (Å²) in [6.45, 7) is 2.13. The summed E-state index contributed by atoms with van der Waals surface area (Å²) in [5.74, 6) is -0.283. The van der Waals surface area contributed by atoms with Crippen LogP contribution in [0, 0.1) is 0 Å². The van der Waals surface area contributed by atoms with Crippen LogP contribution in [-0.4, -0.2) is 23.5 Å². The maximum Gasteiger partial charge on any atom is 0.306 e. The number of nitrogens with zero attached hydrogens (tertiary/aromatic N) is 1. The van der Waals surface area contributed by atoms with Gasteiger partial charge in [-0.15, -0.1) is 0 Å². The zero-order valence-corrected chi connectivity index (χ0v) is 11.4. The monoisotopic (exact) mass is 271 g/mol. The van der Waals surface area contributed by atoms with Crippen molar-refractivity contribution in [3.63, 3.8) is 0 Å². The van der Waals surface area contributed by atoms with Crippen molar-refractivity contribution < 1.29 is 14.7 Å². The van der Waals surface area contributed by atoms with Crippen molar-refractivity contribution in [1.29, 1.82) is 0 Å². The third kappa shape index (κ3) is 3.35. The van der Waals surface area contributed by atoms with Gasteiger partial charge in [-0.3, -0.25) is 4.79 Å². The van der Waals surface area contributed by atoms with E-state index < -0.39 is 0 Å². The molecule has 0 radical (unpaired) electrons. The quantitative estimate of drug-likeness (QED) is 0.392. The summed E-state index contributed by atoms with van der Waals surface area (Å²) in [5, 5.41) is 14.6. The molecule has 0 amide bonds. The SMILES string of the molecule is CCOC(=O)CCC(=NO)c1ccc2ccccc2c1. The number of benzene rings is 2. The molecule has 0 atom stereocenters. The molecule has 0 unspecified atom stereocenters. The smallest absolute Gasteiger partial charge is 0.306 e. The van der Waals surface area contributed by atoms with Crippen LogP contribution in [0.15, 0.2) is 47.6 Å². The molecule has 0 heterocycles. The number of hydrogen-bond acceptors (Lipinski definition) is 4. The van der Waals surface area contributed by atoms with E-state index in [1.807, 2.05) is 42.5 Å². The van der Waals surface area contributed by atoms with E-state index in [4.69, 9.17) is 9.94 Å². The van der Waals surface area contributed by atoms with Crippen molar-refractivity contribution in [3.05, 3.63) is 48.0 Å². The standard InChI is InChI=1S/C16H17NO3/c1-2-20-16(18)10-9-15(17-19)14-8-7-12-5-3-4-6-13(12)11-14/h3-8,11,19H,2,9-10H2,1H3. The summed E-state index contributed by atoms with van der Waals surface area (Å²) in [7, 11) is 0. The van der Waals surface area contributed by atoms with Crippen molar-refractivity contribution >= 4 is 22.5 Å². The normalized spacial score (nSPS) is 11.6. The fourth-order valence-electron chi connectivity index (χ4n) is 2.07. The van der Waals surface area contributed by atoms with Gasteiger partial charge in [0.1, 0.15) is 0 Å². The highest BCUT2D eigenvalue weighted by atomic mass is 16.5. The molecule has 0 spiro atoms. The van der Waals surface area contributed by atoms with Gasteiger partial charge in [0.25, 0.3) is 0 Å². The Morgan fingerprint density at radius 2 is 1.90 bits per heavy atom. The van der Waals surface area contributed by atoms with Gasteiger partial charge in [0.2, 0.25) is 0 Å². The lowest BCUT2D eigenvalue weighted by molar-refractivity contribution is -0.142. The molecule has 104 valence electrons. The van der Waals surface area contributed by atoms with Gasteiger partial charge in [0, 0.05) is 6.42 Å². The van der Waals surface area contributed by atoms with Crippen LogP contribution in [0.4, 0.5) is 0 Å². The second-order valence-corrected chi connectivity index (χ2v) is 4.41. The average Bonchev–Trinajstić information content (AvgIpc) is 2.48. The minimum absolute atomic E-state index is 0.208. The number of hydrogen-bond donors (Lipinski definition) is 1. The molecule has 0 aliphatic carbocycles. The number of carbonyl (C=O) groups excluding carboxylic acids is 1. The largest absolute Gasteiger partial charge is 0.466 e. The Labute approximate surface area is 117 Å². The molecule has 0 aromatic heterocycles. The molecule has 0 saturated heterocycles. The first-order chi connectivity index (χ1) is 9.74. The van der Waals surface area contributed by atoms with E-state index in [1.54, 1.807) is 6.92 Å². The molecule has 2 aromatic rings. The second kappa shape index (κ2) is 6.70. The minimum Gasteiger partial charge on any atom is -0.466 e. The van der Waals surface area contributed by atoms with Crippen molar-refractivity contribution in [3.8, 4) is 0 Å². The third-order valence-corrected chi connectivity index (χ3v) is 3.07. The van der Waals surface area contributed by atoms with Crippen molar-refractivity contribution in [2.45, 2.75) is 19.8 Å². The first-order valence-electron chi connectivity index (χ1n) is 6.60. The molecule has 20 heavy (non-hydrogen) atoms. The van der Waals surface area contributed by atoms with Gasteiger partial charge in [-0.25, -0.2) is 0 Å². The summed E-state index contributed by atoms with van der Waals surface area (Å²) in [5.41, 5.74) is 1.30. The number of rotatable bonds is 5. The van der Waals surface area contributed by atoms with Crippen LogP contribution in [0.3, 0.4) is 0 Å². The number of fused-ring (bicyclic) bond motifs is 1. The molecular formula is C16H17NO3. The number of oxime groups is 1. The highest BCUT2D eigenvalue weighted by molar-refractivity contribution is 6.04. The van der Waals surface area contributed by atoms with E-state index in [0.29, 0.717) is 18.7 Å². The Morgan fingerprint density at radius 3 is 2.60 bits per heavy atom. The predicted molar refractivity (Wildman–Crippen MR) is 78.1 cm³/mol. The summed E-state index contributed by atoms with van der Waals surface area (Å²) in [6.07, 6.45) is 0.563. The fraction of sp³-hybridized carbons (Fsp3) is 0.250. The van der Waals surface area contributed by atoms with Crippen LogP contribution in [0.2, 0.25) is 0 Å². The van der Waals surface area contributed by atoms with Crippen LogP contribution in [-0.2, 0) is 9.53 Å². The zero-order chi connectivity index (χ0) is 14.4. The van der Waals surface area contributed by atoms with Crippen molar-refractivity contribution in [2.24, 2.45) is 5.16 Å². The molecule has 4 nitrogen and oxygen atoms in total. The van der Waals surface area contributed by atoms with E-state index in [2.05, 4.69) is 5.16 Å². The Bertz CT molecular complexity index is 634. The van der Waals surface area contributed by atoms with E-state index >= 15 is 0 Å². The molecule has 1 N–H and O–H groups in total. The van der Waals surface area contributed by atoms with E-state index in [9.17, 15) is 4.79 Å². The Hall–Kier alpha value is -2.36. The fourth-order valence-corrected chi connectivity index (χ4v) is 2.07. The number of ether oxygens (including phenoxy) is 1. The van der Waals surface area contributed by atoms with Crippen LogP contribution in [0.25, 0.3) is 10.8 Å². The van der Waals surface area contributed by atoms with E-state index in [0.717, 1.165) is 16.3 Å². The summed E-state index contributed by atoms with van der Waals surface area (Å²) in [4.78, 5) is 11.3. The first-order valence-corrected chi connectivity index (χ1v) is 6.60.